The van der Waals surface area contributed by atoms with Gasteiger partial charge in [0.2, 0.25) is 0 Å². The maximum absolute atomic E-state index is 5.31. The summed E-state index contributed by atoms with van der Waals surface area (Å²) in [6.07, 6.45) is 4.38. The molecule has 0 radical (unpaired) electrons. The van der Waals surface area contributed by atoms with E-state index in [1.54, 1.807) is 7.11 Å². The van der Waals surface area contributed by atoms with Gasteiger partial charge in [-0.15, -0.1) is 0 Å². The highest BCUT2D eigenvalue weighted by molar-refractivity contribution is 5.27. The van der Waals surface area contributed by atoms with Crippen molar-refractivity contribution in [2.24, 2.45) is 11.8 Å². The lowest BCUT2D eigenvalue weighted by Gasteiger charge is -2.24. The van der Waals surface area contributed by atoms with Crippen molar-refractivity contribution in [3.8, 4) is 0 Å². The van der Waals surface area contributed by atoms with E-state index in [9.17, 15) is 0 Å². The zero-order valence-electron chi connectivity index (χ0n) is 7.72. The van der Waals surface area contributed by atoms with Crippen LogP contribution in [0.3, 0.4) is 0 Å². The minimum absolute atomic E-state index is 0.532. The first kappa shape index (κ1) is 8.38. The highest BCUT2D eigenvalue weighted by atomic mass is 16.5. The van der Waals surface area contributed by atoms with Gasteiger partial charge < -0.3 is 4.74 Å². The molecule has 0 spiro atoms. The van der Waals surface area contributed by atoms with E-state index in [1.807, 2.05) is 0 Å². The van der Waals surface area contributed by atoms with Crippen molar-refractivity contribution in [3.63, 3.8) is 0 Å². The summed E-state index contributed by atoms with van der Waals surface area (Å²) in [5.41, 5.74) is 1.26. The van der Waals surface area contributed by atoms with E-state index in [2.05, 4.69) is 32.9 Å². The fourth-order valence-corrected chi connectivity index (χ4v) is 1.49. The van der Waals surface area contributed by atoms with Crippen LogP contribution in [-0.4, -0.2) is 7.11 Å². The number of ether oxygens (including phenoxy) is 1. The number of methoxy groups -OCH3 is 1. The third kappa shape index (κ3) is 1.47. The monoisotopic (exact) mass is 152 g/mol. The normalized spacial score (nSPS) is 30.9. The molecule has 0 fully saturated rings. The molecule has 0 aromatic rings. The Hall–Kier alpha value is -0.720. The van der Waals surface area contributed by atoms with Gasteiger partial charge in [0.1, 0.15) is 5.76 Å². The molecular formula is C10H16O. The van der Waals surface area contributed by atoms with Crippen LogP contribution in [0.15, 0.2) is 23.5 Å². The summed E-state index contributed by atoms with van der Waals surface area (Å²) in [6, 6.07) is 0. The predicted octanol–water partition coefficient (Wildman–Crippen LogP) is 2.75. The van der Waals surface area contributed by atoms with E-state index in [4.69, 9.17) is 4.74 Å². The molecule has 2 unspecified atom stereocenters. The van der Waals surface area contributed by atoms with Gasteiger partial charge in [0.25, 0.3) is 0 Å². The minimum Gasteiger partial charge on any atom is -0.501 e. The van der Waals surface area contributed by atoms with Crippen LogP contribution in [0.1, 0.15) is 20.8 Å². The molecule has 0 saturated carbocycles. The second-order valence-electron chi connectivity index (χ2n) is 3.26. The van der Waals surface area contributed by atoms with Crippen LogP contribution in [-0.2, 0) is 4.74 Å². The molecule has 11 heavy (non-hydrogen) atoms. The molecule has 1 aliphatic rings. The molecule has 2 atom stereocenters. The van der Waals surface area contributed by atoms with Gasteiger partial charge in [0.05, 0.1) is 7.11 Å². The molecule has 0 aliphatic heterocycles. The fraction of sp³-hybridized carbons (Fsp3) is 0.600. The highest BCUT2D eigenvalue weighted by Crippen LogP contribution is 2.29. The lowest BCUT2D eigenvalue weighted by Crippen LogP contribution is -2.14. The van der Waals surface area contributed by atoms with Gasteiger partial charge in [-0.05, 0) is 18.4 Å². The van der Waals surface area contributed by atoms with Gasteiger partial charge >= 0.3 is 0 Å². The van der Waals surface area contributed by atoms with Crippen molar-refractivity contribution >= 4 is 0 Å². The smallest absolute Gasteiger partial charge is 0.102 e. The van der Waals surface area contributed by atoms with E-state index < -0.39 is 0 Å². The molecule has 0 bridgehead atoms. The summed E-state index contributed by atoms with van der Waals surface area (Å²) < 4.78 is 5.31. The molecule has 1 aliphatic carbocycles. The number of hydrogen-bond acceptors (Lipinski definition) is 1. The average Bonchev–Trinajstić information content (AvgIpc) is 1.99. The molecule has 0 N–H and O–H groups in total. The van der Waals surface area contributed by atoms with Crippen LogP contribution >= 0.6 is 0 Å². The molecule has 0 amide bonds. The summed E-state index contributed by atoms with van der Waals surface area (Å²) in [6.45, 7) is 6.51. The Morgan fingerprint density at radius 3 is 2.45 bits per heavy atom. The zero-order valence-corrected chi connectivity index (χ0v) is 7.72. The van der Waals surface area contributed by atoms with E-state index >= 15 is 0 Å². The molecule has 0 aromatic carbocycles. The second kappa shape index (κ2) is 3.12. The zero-order chi connectivity index (χ0) is 8.43. The van der Waals surface area contributed by atoms with E-state index in [-0.39, 0.29) is 0 Å². The summed E-state index contributed by atoms with van der Waals surface area (Å²) in [5, 5.41) is 0. The topological polar surface area (TPSA) is 9.23 Å². The molecule has 1 nitrogen and oxygen atoms in total. The third-order valence-corrected chi connectivity index (χ3v) is 2.46. The third-order valence-electron chi connectivity index (χ3n) is 2.46. The standard InChI is InChI=1S/C10H16O/c1-7-5-6-8(2)10(11-4)9(7)3/h5-7,9H,1-4H3. The first-order valence-corrected chi connectivity index (χ1v) is 4.09. The van der Waals surface area contributed by atoms with Crippen LogP contribution in [0, 0.1) is 11.8 Å². The quantitative estimate of drug-likeness (QED) is 0.561. The second-order valence-corrected chi connectivity index (χ2v) is 3.26. The Balaban J connectivity index is 2.89. The summed E-state index contributed by atoms with van der Waals surface area (Å²) >= 11 is 0. The first-order valence-electron chi connectivity index (χ1n) is 4.09. The summed E-state index contributed by atoms with van der Waals surface area (Å²) in [7, 11) is 1.75. The summed E-state index contributed by atoms with van der Waals surface area (Å²) in [4.78, 5) is 0. The summed E-state index contributed by atoms with van der Waals surface area (Å²) in [5.74, 6) is 2.28. The van der Waals surface area contributed by atoms with Gasteiger partial charge in [-0.3, -0.25) is 0 Å². The van der Waals surface area contributed by atoms with Gasteiger partial charge in [-0.1, -0.05) is 26.0 Å². The van der Waals surface area contributed by atoms with E-state index in [0.29, 0.717) is 11.8 Å². The van der Waals surface area contributed by atoms with E-state index in [1.165, 1.54) is 5.57 Å². The maximum Gasteiger partial charge on any atom is 0.102 e. The van der Waals surface area contributed by atoms with Crippen LogP contribution in [0.25, 0.3) is 0 Å². The largest absolute Gasteiger partial charge is 0.501 e. The number of rotatable bonds is 1. The molecule has 62 valence electrons. The van der Waals surface area contributed by atoms with Crippen molar-refractivity contribution in [1.29, 1.82) is 0 Å². The highest BCUT2D eigenvalue weighted by Gasteiger charge is 2.19. The Morgan fingerprint density at radius 1 is 1.36 bits per heavy atom. The van der Waals surface area contributed by atoms with Crippen LogP contribution in [0.5, 0.6) is 0 Å². The lowest BCUT2D eigenvalue weighted by molar-refractivity contribution is 0.224. The first-order chi connectivity index (χ1) is 5.16. The van der Waals surface area contributed by atoms with Crippen molar-refractivity contribution in [2.45, 2.75) is 20.8 Å². The molecule has 0 heterocycles. The van der Waals surface area contributed by atoms with Gasteiger partial charge in [0.15, 0.2) is 0 Å². The van der Waals surface area contributed by atoms with Crippen LogP contribution in [0.2, 0.25) is 0 Å². The maximum atomic E-state index is 5.31. The number of allylic oxidation sites excluding steroid dienone is 4. The Labute approximate surface area is 68.8 Å². The van der Waals surface area contributed by atoms with Crippen molar-refractivity contribution in [2.75, 3.05) is 7.11 Å². The van der Waals surface area contributed by atoms with Crippen molar-refractivity contribution in [3.05, 3.63) is 23.5 Å². The molecular weight excluding hydrogens is 136 g/mol. The van der Waals surface area contributed by atoms with Gasteiger partial charge in [-0.2, -0.15) is 0 Å². The van der Waals surface area contributed by atoms with E-state index in [0.717, 1.165) is 5.76 Å². The lowest BCUT2D eigenvalue weighted by atomic mass is 9.87. The van der Waals surface area contributed by atoms with Gasteiger partial charge in [0, 0.05) is 5.92 Å². The molecule has 0 aromatic heterocycles. The van der Waals surface area contributed by atoms with Crippen LogP contribution in [0.4, 0.5) is 0 Å². The van der Waals surface area contributed by atoms with Crippen LogP contribution < -0.4 is 0 Å². The Kier molecular flexibility index (Phi) is 2.38. The molecule has 1 rings (SSSR count). The SMILES string of the molecule is COC1=C(C)C=CC(C)C1C. The Morgan fingerprint density at radius 2 is 2.00 bits per heavy atom. The Bertz CT molecular complexity index is 201. The van der Waals surface area contributed by atoms with Crippen molar-refractivity contribution < 1.29 is 4.74 Å². The predicted molar refractivity (Wildman–Crippen MR) is 47.2 cm³/mol. The molecule has 1 heteroatoms. The number of hydrogen-bond donors (Lipinski definition) is 0. The molecule has 0 saturated heterocycles. The van der Waals surface area contributed by atoms with Gasteiger partial charge in [-0.25, -0.2) is 0 Å². The minimum atomic E-state index is 0.532. The van der Waals surface area contributed by atoms with Crippen molar-refractivity contribution in [1.82, 2.24) is 0 Å². The average molecular weight is 152 g/mol. The fourth-order valence-electron chi connectivity index (χ4n) is 1.49.